The van der Waals surface area contributed by atoms with Gasteiger partial charge in [-0.05, 0) is 62.8 Å². The summed E-state index contributed by atoms with van der Waals surface area (Å²) in [5, 5.41) is 9.94. The highest BCUT2D eigenvalue weighted by Crippen LogP contribution is 2.27. The van der Waals surface area contributed by atoms with Crippen molar-refractivity contribution in [2.24, 2.45) is 5.92 Å². The maximum Gasteiger partial charge on any atom is 0.270 e. The topological polar surface area (TPSA) is 69.2 Å². The van der Waals surface area contributed by atoms with Gasteiger partial charge >= 0.3 is 0 Å². The highest BCUT2D eigenvalue weighted by Gasteiger charge is 2.27. The standard InChI is InChI=1S/C19H25N3O2/c1-19(2,24)12-14-5-9-22(10-6-14)18(23)17-11-16(13-21-17)15-3-7-20-8-4-15/h3-4,7-8,11,13-14,21,24H,5-6,9-10,12H2,1-2H3. The van der Waals surface area contributed by atoms with Gasteiger partial charge in [-0.1, -0.05) is 0 Å². The van der Waals surface area contributed by atoms with Crippen LogP contribution in [-0.4, -0.2) is 44.6 Å². The van der Waals surface area contributed by atoms with E-state index in [-0.39, 0.29) is 5.91 Å². The van der Waals surface area contributed by atoms with Gasteiger partial charge in [0.1, 0.15) is 5.69 Å². The molecule has 1 fully saturated rings. The van der Waals surface area contributed by atoms with Gasteiger partial charge in [-0.2, -0.15) is 0 Å². The Morgan fingerprint density at radius 3 is 2.58 bits per heavy atom. The van der Waals surface area contributed by atoms with Gasteiger partial charge in [0.05, 0.1) is 5.60 Å². The molecule has 5 nitrogen and oxygen atoms in total. The number of nitrogens with one attached hydrogen (secondary N) is 1. The van der Waals surface area contributed by atoms with Crippen LogP contribution >= 0.6 is 0 Å². The molecule has 3 heterocycles. The Hall–Kier alpha value is -2.14. The van der Waals surface area contributed by atoms with Gasteiger partial charge < -0.3 is 15.0 Å². The number of pyridine rings is 1. The lowest BCUT2D eigenvalue weighted by Gasteiger charge is -2.34. The molecule has 0 aliphatic carbocycles. The van der Waals surface area contributed by atoms with Crippen molar-refractivity contribution in [3.63, 3.8) is 0 Å². The average Bonchev–Trinajstić information content (AvgIpc) is 3.04. The predicted octanol–water partition coefficient (Wildman–Crippen LogP) is 3.09. The summed E-state index contributed by atoms with van der Waals surface area (Å²) in [6, 6.07) is 5.76. The molecular weight excluding hydrogens is 302 g/mol. The Kier molecular flexibility index (Phi) is 4.71. The smallest absolute Gasteiger partial charge is 0.270 e. The van der Waals surface area contributed by atoms with E-state index in [0.29, 0.717) is 11.6 Å². The van der Waals surface area contributed by atoms with Gasteiger partial charge in [0, 0.05) is 37.2 Å². The molecule has 1 saturated heterocycles. The van der Waals surface area contributed by atoms with E-state index in [2.05, 4.69) is 9.97 Å². The molecule has 5 heteroatoms. The number of aliphatic hydroxyl groups is 1. The van der Waals surface area contributed by atoms with Crippen molar-refractivity contribution in [1.29, 1.82) is 0 Å². The lowest BCUT2D eigenvalue weighted by molar-refractivity contribution is 0.0357. The second kappa shape index (κ2) is 6.77. The van der Waals surface area contributed by atoms with E-state index in [0.717, 1.165) is 43.5 Å². The van der Waals surface area contributed by atoms with Crippen LogP contribution in [0.15, 0.2) is 36.8 Å². The minimum Gasteiger partial charge on any atom is -0.390 e. The molecule has 24 heavy (non-hydrogen) atoms. The number of hydrogen-bond donors (Lipinski definition) is 2. The number of amides is 1. The summed E-state index contributed by atoms with van der Waals surface area (Å²) in [7, 11) is 0. The molecule has 128 valence electrons. The fourth-order valence-corrected chi connectivity index (χ4v) is 3.45. The maximum atomic E-state index is 12.7. The maximum absolute atomic E-state index is 12.7. The zero-order valence-corrected chi connectivity index (χ0v) is 14.3. The van der Waals surface area contributed by atoms with Crippen molar-refractivity contribution in [2.75, 3.05) is 13.1 Å². The molecule has 2 aromatic rings. The molecule has 0 spiro atoms. The van der Waals surface area contributed by atoms with Crippen LogP contribution < -0.4 is 0 Å². The third-order valence-corrected chi connectivity index (χ3v) is 4.62. The summed E-state index contributed by atoms with van der Waals surface area (Å²) in [5.74, 6) is 0.544. The van der Waals surface area contributed by atoms with E-state index >= 15 is 0 Å². The monoisotopic (exact) mass is 327 g/mol. The predicted molar refractivity (Wildman–Crippen MR) is 93.6 cm³/mol. The molecule has 1 aliphatic heterocycles. The molecule has 0 aromatic carbocycles. The number of aromatic nitrogens is 2. The second-order valence-corrected chi connectivity index (χ2v) is 7.29. The van der Waals surface area contributed by atoms with Gasteiger partial charge in [0.25, 0.3) is 5.91 Å². The van der Waals surface area contributed by atoms with E-state index in [1.54, 1.807) is 12.4 Å². The number of carbonyl (C=O) groups is 1. The average molecular weight is 327 g/mol. The largest absolute Gasteiger partial charge is 0.390 e. The minimum absolute atomic E-state index is 0.0528. The van der Waals surface area contributed by atoms with Crippen molar-refractivity contribution < 1.29 is 9.90 Å². The summed E-state index contributed by atoms with van der Waals surface area (Å²) >= 11 is 0. The van der Waals surface area contributed by atoms with E-state index in [4.69, 9.17) is 0 Å². The quantitative estimate of drug-likeness (QED) is 0.906. The lowest BCUT2D eigenvalue weighted by atomic mass is 9.86. The Bertz CT molecular complexity index is 680. The molecular formula is C19H25N3O2. The van der Waals surface area contributed by atoms with Crippen LogP contribution in [0, 0.1) is 5.92 Å². The number of carbonyl (C=O) groups excluding carboxylic acids is 1. The van der Waals surface area contributed by atoms with Gasteiger partial charge in [-0.15, -0.1) is 0 Å². The number of H-pyrrole nitrogens is 1. The van der Waals surface area contributed by atoms with Crippen LogP contribution in [0.25, 0.3) is 11.1 Å². The van der Waals surface area contributed by atoms with E-state index in [9.17, 15) is 9.90 Å². The summed E-state index contributed by atoms with van der Waals surface area (Å²) < 4.78 is 0. The van der Waals surface area contributed by atoms with Crippen molar-refractivity contribution in [3.8, 4) is 11.1 Å². The number of piperidine rings is 1. The molecule has 0 bridgehead atoms. The van der Waals surface area contributed by atoms with E-state index in [1.165, 1.54) is 0 Å². The molecule has 3 rings (SSSR count). The minimum atomic E-state index is -0.629. The van der Waals surface area contributed by atoms with Crippen LogP contribution in [0.4, 0.5) is 0 Å². The Morgan fingerprint density at radius 1 is 1.29 bits per heavy atom. The third kappa shape index (κ3) is 4.03. The lowest BCUT2D eigenvalue weighted by Crippen LogP contribution is -2.40. The zero-order chi connectivity index (χ0) is 17.2. The SMILES string of the molecule is CC(C)(O)CC1CCN(C(=O)c2cc(-c3ccncc3)c[nH]2)CC1. The molecule has 2 N–H and O–H groups in total. The van der Waals surface area contributed by atoms with Crippen molar-refractivity contribution in [3.05, 3.63) is 42.5 Å². The van der Waals surface area contributed by atoms with Crippen LogP contribution in [0.3, 0.4) is 0 Å². The van der Waals surface area contributed by atoms with Gasteiger partial charge in [0.2, 0.25) is 0 Å². The number of nitrogens with zero attached hydrogens (tertiary/aromatic N) is 2. The van der Waals surface area contributed by atoms with Crippen LogP contribution in [0.5, 0.6) is 0 Å². The van der Waals surface area contributed by atoms with Crippen molar-refractivity contribution in [2.45, 2.75) is 38.7 Å². The van der Waals surface area contributed by atoms with Crippen molar-refractivity contribution in [1.82, 2.24) is 14.9 Å². The number of rotatable bonds is 4. The Labute approximate surface area is 142 Å². The molecule has 0 radical (unpaired) electrons. The molecule has 1 amide bonds. The van der Waals surface area contributed by atoms with E-state index in [1.807, 2.05) is 43.1 Å². The molecule has 0 saturated carbocycles. The normalized spacial score (nSPS) is 16.4. The Balaban J connectivity index is 1.61. The van der Waals surface area contributed by atoms with Crippen LogP contribution in [-0.2, 0) is 0 Å². The third-order valence-electron chi connectivity index (χ3n) is 4.62. The summed E-state index contributed by atoms with van der Waals surface area (Å²) in [4.78, 5) is 21.7. The fourth-order valence-electron chi connectivity index (χ4n) is 3.45. The number of likely N-dealkylation sites (tertiary alicyclic amines) is 1. The highest BCUT2D eigenvalue weighted by molar-refractivity contribution is 5.94. The number of aromatic amines is 1. The molecule has 1 aliphatic rings. The molecule has 0 atom stereocenters. The van der Waals surface area contributed by atoms with Crippen LogP contribution in [0.2, 0.25) is 0 Å². The van der Waals surface area contributed by atoms with E-state index < -0.39 is 5.60 Å². The Morgan fingerprint density at radius 2 is 1.96 bits per heavy atom. The fraction of sp³-hybridized carbons (Fsp3) is 0.474. The zero-order valence-electron chi connectivity index (χ0n) is 14.3. The first-order valence-corrected chi connectivity index (χ1v) is 8.53. The van der Waals surface area contributed by atoms with Crippen LogP contribution in [0.1, 0.15) is 43.6 Å². The first kappa shape index (κ1) is 16.7. The van der Waals surface area contributed by atoms with Gasteiger partial charge in [-0.3, -0.25) is 9.78 Å². The first-order chi connectivity index (χ1) is 11.4. The second-order valence-electron chi connectivity index (χ2n) is 7.29. The molecule has 2 aromatic heterocycles. The van der Waals surface area contributed by atoms with Gasteiger partial charge in [-0.25, -0.2) is 0 Å². The summed E-state index contributed by atoms with van der Waals surface area (Å²) in [6.45, 7) is 5.21. The molecule has 0 unspecified atom stereocenters. The first-order valence-electron chi connectivity index (χ1n) is 8.53. The summed E-state index contributed by atoms with van der Waals surface area (Å²) in [5.41, 5.74) is 2.04. The van der Waals surface area contributed by atoms with Gasteiger partial charge in [0.15, 0.2) is 0 Å². The summed E-state index contributed by atoms with van der Waals surface area (Å²) in [6.07, 6.45) is 8.06. The number of hydrogen-bond acceptors (Lipinski definition) is 3. The van der Waals surface area contributed by atoms with Crippen molar-refractivity contribution >= 4 is 5.91 Å². The highest BCUT2D eigenvalue weighted by atomic mass is 16.3.